The van der Waals surface area contributed by atoms with Crippen LogP contribution in [0, 0.1) is 18.3 Å². The minimum atomic E-state index is -0.465. The van der Waals surface area contributed by atoms with E-state index in [1.165, 1.54) is 10.6 Å². The summed E-state index contributed by atoms with van der Waals surface area (Å²) in [5.41, 5.74) is -0.282. The van der Waals surface area contributed by atoms with Gasteiger partial charge in [0, 0.05) is 6.07 Å². The first-order valence-corrected chi connectivity index (χ1v) is 4.63. The van der Waals surface area contributed by atoms with E-state index in [1.54, 1.807) is 6.92 Å². The summed E-state index contributed by atoms with van der Waals surface area (Å²) in [4.78, 5) is 15.4. The molecule has 1 rings (SSSR count). The van der Waals surface area contributed by atoms with Crippen molar-refractivity contribution in [3.8, 4) is 6.07 Å². The average molecular weight is 212 g/mol. The van der Waals surface area contributed by atoms with Crippen LogP contribution in [0.5, 0.6) is 0 Å². The summed E-state index contributed by atoms with van der Waals surface area (Å²) in [6, 6.07) is 2.80. The lowest BCUT2D eigenvalue weighted by Crippen LogP contribution is -2.26. The van der Waals surface area contributed by atoms with Crippen LogP contribution in [0.25, 0.3) is 0 Å². The Bertz CT molecular complexity index is 433. The smallest absolute Gasteiger partial charge is 0.256 e. The van der Waals surface area contributed by atoms with Gasteiger partial charge in [-0.2, -0.15) is 5.26 Å². The standard InChI is InChI=1S/C9H10ClN3O/c1-3-7(5-11)13-6(2)12-8(10)4-9(13)14/h4,7H,3H2,1-2H3. The second-order valence-electron chi connectivity index (χ2n) is 2.89. The van der Waals surface area contributed by atoms with Crippen molar-refractivity contribution in [2.75, 3.05) is 0 Å². The van der Waals surface area contributed by atoms with E-state index in [9.17, 15) is 4.79 Å². The predicted octanol–water partition coefficient (Wildman–Crippen LogP) is 1.68. The van der Waals surface area contributed by atoms with Crippen molar-refractivity contribution in [1.29, 1.82) is 5.26 Å². The normalized spacial score (nSPS) is 12.1. The molecule has 5 heteroatoms. The topological polar surface area (TPSA) is 58.7 Å². The lowest BCUT2D eigenvalue weighted by molar-refractivity contribution is 0.549. The summed E-state index contributed by atoms with van der Waals surface area (Å²) in [5, 5.41) is 8.99. The van der Waals surface area contributed by atoms with Gasteiger partial charge >= 0.3 is 0 Å². The second-order valence-corrected chi connectivity index (χ2v) is 3.27. The third-order valence-corrected chi connectivity index (χ3v) is 2.14. The third kappa shape index (κ3) is 1.94. The number of rotatable bonds is 2. The largest absolute Gasteiger partial charge is 0.280 e. The van der Waals surface area contributed by atoms with Crippen molar-refractivity contribution in [2.24, 2.45) is 0 Å². The molecule has 14 heavy (non-hydrogen) atoms. The molecule has 4 nitrogen and oxygen atoms in total. The van der Waals surface area contributed by atoms with Gasteiger partial charge in [-0.25, -0.2) is 4.98 Å². The molecule has 74 valence electrons. The van der Waals surface area contributed by atoms with Crippen molar-refractivity contribution in [2.45, 2.75) is 26.3 Å². The molecule has 0 spiro atoms. The van der Waals surface area contributed by atoms with E-state index in [0.717, 1.165) is 0 Å². The summed E-state index contributed by atoms with van der Waals surface area (Å²) in [7, 11) is 0. The van der Waals surface area contributed by atoms with Crippen LogP contribution in [0.4, 0.5) is 0 Å². The summed E-state index contributed by atoms with van der Waals surface area (Å²) in [6.07, 6.45) is 0.570. The molecule has 0 radical (unpaired) electrons. The van der Waals surface area contributed by atoms with Crippen molar-refractivity contribution < 1.29 is 0 Å². The zero-order valence-electron chi connectivity index (χ0n) is 7.99. The first-order chi connectivity index (χ1) is 6.60. The van der Waals surface area contributed by atoms with Gasteiger partial charge in [0.2, 0.25) is 0 Å². The minimum absolute atomic E-state index is 0.163. The molecular weight excluding hydrogens is 202 g/mol. The quantitative estimate of drug-likeness (QED) is 0.700. The Morgan fingerprint density at radius 2 is 2.43 bits per heavy atom. The number of halogens is 1. The average Bonchev–Trinajstić information content (AvgIpc) is 2.10. The van der Waals surface area contributed by atoms with Gasteiger partial charge in [0.1, 0.15) is 17.0 Å². The Morgan fingerprint density at radius 1 is 1.79 bits per heavy atom. The Hall–Kier alpha value is -1.34. The van der Waals surface area contributed by atoms with Crippen molar-refractivity contribution >= 4 is 11.6 Å². The number of hydrogen-bond acceptors (Lipinski definition) is 3. The summed E-state index contributed by atoms with van der Waals surface area (Å²) in [6.45, 7) is 3.50. The Labute approximate surface area is 86.8 Å². The third-order valence-electron chi connectivity index (χ3n) is 1.94. The van der Waals surface area contributed by atoms with Gasteiger partial charge in [0.05, 0.1) is 6.07 Å². The second kappa shape index (κ2) is 4.25. The number of aryl methyl sites for hydroxylation is 1. The van der Waals surface area contributed by atoms with E-state index < -0.39 is 6.04 Å². The lowest BCUT2D eigenvalue weighted by Gasteiger charge is -2.12. The SMILES string of the molecule is CCC(C#N)n1c(C)nc(Cl)cc1=O. The minimum Gasteiger partial charge on any atom is -0.280 e. The highest BCUT2D eigenvalue weighted by Gasteiger charge is 2.12. The molecule has 0 N–H and O–H groups in total. The van der Waals surface area contributed by atoms with Gasteiger partial charge in [-0.05, 0) is 13.3 Å². The van der Waals surface area contributed by atoms with Crippen LogP contribution in [0.1, 0.15) is 25.2 Å². The highest BCUT2D eigenvalue weighted by atomic mass is 35.5. The van der Waals surface area contributed by atoms with Crippen molar-refractivity contribution in [3.05, 3.63) is 27.4 Å². The van der Waals surface area contributed by atoms with Crippen molar-refractivity contribution in [3.63, 3.8) is 0 Å². The summed E-state index contributed by atoms with van der Waals surface area (Å²) < 4.78 is 1.35. The Morgan fingerprint density at radius 3 is 2.86 bits per heavy atom. The van der Waals surface area contributed by atoms with Crippen LogP contribution < -0.4 is 5.56 Å². The molecule has 0 saturated heterocycles. The monoisotopic (exact) mass is 211 g/mol. The fourth-order valence-corrected chi connectivity index (χ4v) is 1.50. The molecule has 0 aliphatic rings. The van der Waals surface area contributed by atoms with Crippen LogP contribution in [-0.2, 0) is 0 Å². The van der Waals surface area contributed by atoms with Gasteiger partial charge in [0.25, 0.3) is 5.56 Å². The van der Waals surface area contributed by atoms with E-state index in [4.69, 9.17) is 16.9 Å². The first kappa shape index (κ1) is 10.7. The fourth-order valence-electron chi connectivity index (χ4n) is 1.28. The maximum absolute atomic E-state index is 11.5. The predicted molar refractivity (Wildman–Crippen MR) is 53.2 cm³/mol. The number of nitrogens with zero attached hydrogens (tertiary/aromatic N) is 3. The van der Waals surface area contributed by atoms with Gasteiger partial charge in [-0.1, -0.05) is 18.5 Å². The molecule has 0 amide bonds. The van der Waals surface area contributed by atoms with Crippen LogP contribution in [-0.4, -0.2) is 9.55 Å². The number of hydrogen-bond donors (Lipinski definition) is 0. The zero-order valence-corrected chi connectivity index (χ0v) is 8.75. The molecule has 0 saturated carbocycles. The highest BCUT2D eigenvalue weighted by Crippen LogP contribution is 2.10. The Kier molecular flexibility index (Phi) is 3.26. The van der Waals surface area contributed by atoms with Gasteiger partial charge in [-0.3, -0.25) is 9.36 Å². The molecule has 1 atom stereocenters. The fraction of sp³-hybridized carbons (Fsp3) is 0.444. The van der Waals surface area contributed by atoms with Crippen LogP contribution in [0.3, 0.4) is 0 Å². The lowest BCUT2D eigenvalue weighted by atomic mass is 10.2. The van der Waals surface area contributed by atoms with E-state index in [-0.39, 0.29) is 10.7 Å². The van der Waals surface area contributed by atoms with E-state index >= 15 is 0 Å². The Balaban J connectivity index is 3.36. The molecule has 0 bridgehead atoms. The highest BCUT2D eigenvalue weighted by molar-refractivity contribution is 6.29. The number of aromatic nitrogens is 2. The number of nitriles is 1. The summed E-state index contributed by atoms with van der Waals surface area (Å²) in [5.74, 6) is 0.468. The summed E-state index contributed by atoms with van der Waals surface area (Å²) >= 11 is 5.61. The molecule has 1 aromatic rings. The molecule has 1 heterocycles. The molecule has 0 aromatic carbocycles. The van der Waals surface area contributed by atoms with Crippen molar-refractivity contribution in [1.82, 2.24) is 9.55 Å². The van der Waals surface area contributed by atoms with E-state index in [2.05, 4.69) is 4.98 Å². The van der Waals surface area contributed by atoms with E-state index in [0.29, 0.717) is 12.2 Å². The van der Waals surface area contributed by atoms with E-state index in [1.807, 2.05) is 13.0 Å². The molecule has 1 unspecified atom stereocenters. The zero-order chi connectivity index (χ0) is 10.7. The van der Waals surface area contributed by atoms with Gasteiger partial charge in [0.15, 0.2) is 0 Å². The molecule has 1 aromatic heterocycles. The molecule has 0 fully saturated rings. The maximum Gasteiger partial charge on any atom is 0.256 e. The van der Waals surface area contributed by atoms with Gasteiger partial charge < -0.3 is 0 Å². The van der Waals surface area contributed by atoms with Crippen LogP contribution >= 0.6 is 11.6 Å². The first-order valence-electron chi connectivity index (χ1n) is 4.25. The maximum atomic E-state index is 11.5. The molecule has 0 aliphatic heterocycles. The van der Waals surface area contributed by atoms with Crippen LogP contribution in [0.2, 0.25) is 5.15 Å². The van der Waals surface area contributed by atoms with Crippen LogP contribution in [0.15, 0.2) is 10.9 Å². The molecule has 0 aliphatic carbocycles. The van der Waals surface area contributed by atoms with Gasteiger partial charge in [-0.15, -0.1) is 0 Å². The molecular formula is C9H10ClN3O.